The lowest BCUT2D eigenvalue weighted by atomic mass is 9.51. The van der Waals surface area contributed by atoms with E-state index in [4.69, 9.17) is 4.74 Å². The fourth-order valence-electron chi connectivity index (χ4n) is 5.95. The van der Waals surface area contributed by atoms with Gasteiger partial charge >= 0.3 is 0 Å². The van der Waals surface area contributed by atoms with E-state index in [0.29, 0.717) is 12.5 Å². The van der Waals surface area contributed by atoms with Crippen molar-refractivity contribution < 1.29 is 13.9 Å². The Kier molecular flexibility index (Phi) is 4.61. The lowest BCUT2D eigenvalue weighted by molar-refractivity contribution is -0.150. The van der Waals surface area contributed by atoms with Crippen molar-refractivity contribution in [3.05, 3.63) is 35.1 Å². The van der Waals surface area contributed by atoms with Crippen molar-refractivity contribution in [1.82, 2.24) is 4.90 Å². The normalized spacial score (nSPS) is 34.9. The summed E-state index contributed by atoms with van der Waals surface area (Å²) in [7, 11) is 1.76. The van der Waals surface area contributed by atoms with Crippen LogP contribution in [0.3, 0.4) is 0 Å². The highest BCUT2D eigenvalue weighted by atomic mass is 19.1. The predicted octanol–water partition coefficient (Wildman–Crippen LogP) is 4.47. The van der Waals surface area contributed by atoms with E-state index in [0.717, 1.165) is 49.8 Å². The van der Waals surface area contributed by atoms with Gasteiger partial charge in [-0.2, -0.15) is 0 Å². The Morgan fingerprint density at radius 3 is 2.56 bits per heavy atom. The van der Waals surface area contributed by atoms with Crippen molar-refractivity contribution in [3.63, 3.8) is 0 Å². The molecule has 2 aliphatic carbocycles. The Morgan fingerprint density at radius 2 is 1.89 bits per heavy atom. The molecule has 0 N–H and O–H groups in total. The van der Waals surface area contributed by atoms with Gasteiger partial charge < -0.3 is 9.64 Å². The monoisotopic (exact) mass is 373 g/mol. The fraction of sp³-hybridized carbons (Fsp3) is 0.696. The fourth-order valence-corrected chi connectivity index (χ4v) is 5.95. The van der Waals surface area contributed by atoms with Gasteiger partial charge in [0.1, 0.15) is 5.82 Å². The van der Waals surface area contributed by atoms with Crippen LogP contribution >= 0.6 is 0 Å². The molecule has 0 spiro atoms. The molecule has 1 aromatic rings. The van der Waals surface area contributed by atoms with Gasteiger partial charge in [-0.1, -0.05) is 32.9 Å². The van der Waals surface area contributed by atoms with Gasteiger partial charge in [0.05, 0.1) is 6.10 Å². The summed E-state index contributed by atoms with van der Waals surface area (Å²) in [6, 6.07) is 5.56. The van der Waals surface area contributed by atoms with Crippen LogP contribution in [0.1, 0.15) is 64.0 Å². The zero-order chi connectivity index (χ0) is 19.4. The molecule has 148 valence electrons. The Labute approximate surface area is 162 Å². The molecule has 1 amide bonds. The first kappa shape index (κ1) is 18.9. The summed E-state index contributed by atoms with van der Waals surface area (Å²) in [5.41, 5.74) is 1.80. The lowest BCUT2D eigenvalue weighted by Gasteiger charge is -2.61. The summed E-state index contributed by atoms with van der Waals surface area (Å²) in [6.45, 7) is 7.59. The van der Waals surface area contributed by atoms with Crippen molar-refractivity contribution in [3.8, 4) is 0 Å². The van der Waals surface area contributed by atoms with Gasteiger partial charge in [-0.25, -0.2) is 4.39 Å². The average Bonchev–Trinajstić information content (AvgIpc) is 2.65. The van der Waals surface area contributed by atoms with E-state index in [9.17, 15) is 9.18 Å². The second-order valence-corrected chi connectivity index (χ2v) is 9.53. The first-order valence-electron chi connectivity index (χ1n) is 10.4. The summed E-state index contributed by atoms with van der Waals surface area (Å²) < 4.78 is 20.1. The first-order chi connectivity index (χ1) is 12.8. The number of amides is 1. The number of rotatable bonds is 2. The second kappa shape index (κ2) is 6.58. The van der Waals surface area contributed by atoms with Crippen LogP contribution in [0.15, 0.2) is 18.2 Å². The van der Waals surface area contributed by atoms with Gasteiger partial charge in [-0.15, -0.1) is 0 Å². The third-order valence-electron chi connectivity index (χ3n) is 8.23. The molecule has 0 aromatic heterocycles. The highest BCUT2D eigenvalue weighted by Crippen LogP contribution is 2.56. The number of piperidine rings is 1. The predicted molar refractivity (Wildman–Crippen MR) is 104 cm³/mol. The van der Waals surface area contributed by atoms with Crippen molar-refractivity contribution in [1.29, 1.82) is 0 Å². The van der Waals surface area contributed by atoms with Gasteiger partial charge in [-0.05, 0) is 61.1 Å². The second-order valence-electron chi connectivity index (χ2n) is 9.53. The molecule has 1 aromatic carbocycles. The number of methoxy groups -OCH3 is 1. The molecule has 4 heteroatoms. The van der Waals surface area contributed by atoms with Gasteiger partial charge in [0.25, 0.3) is 0 Å². The number of benzene rings is 1. The molecule has 27 heavy (non-hydrogen) atoms. The summed E-state index contributed by atoms with van der Waals surface area (Å²) >= 11 is 0. The summed E-state index contributed by atoms with van der Waals surface area (Å²) in [5, 5.41) is 0. The van der Waals surface area contributed by atoms with Crippen LogP contribution in [0.25, 0.3) is 0 Å². The molecule has 4 rings (SSSR count). The number of carbonyl (C=O) groups is 1. The number of carbonyl (C=O) groups excluding carboxylic acids is 1. The van der Waals surface area contributed by atoms with Crippen LogP contribution in [-0.2, 0) is 21.4 Å². The Balaban J connectivity index is 1.64. The van der Waals surface area contributed by atoms with E-state index in [1.54, 1.807) is 13.2 Å². The third-order valence-corrected chi connectivity index (χ3v) is 8.23. The number of hydrogen-bond acceptors (Lipinski definition) is 2. The number of fused-ring (bicyclic) bond motifs is 4. The molecule has 1 aliphatic heterocycles. The summed E-state index contributed by atoms with van der Waals surface area (Å²) in [6.07, 6.45) is 5.56. The maximum absolute atomic E-state index is 14.6. The Bertz CT molecular complexity index is 738. The molecule has 1 saturated carbocycles. The van der Waals surface area contributed by atoms with Crippen LogP contribution in [0.5, 0.6) is 0 Å². The van der Waals surface area contributed by atoms with E-state index in [1.165, 1.54) is 0 Å². The first-order valence-corrected chi connectivity index (χ1v) is 10.4. The molecule has 1 heterocycles. The van der Waals surface area contributed by atoms with E-state index < -0.39 is 0 Å². The van der Waals surface area contributed by atoms with Crippen LogP contribution in [0.4, 0.5) is 4.39 Å². The smallest absolute Gasteiger partial charge is 0.225 e. The molecule has 2 fully saturated rings. The molecule has 1 unspecified atom stereocenters. The Morgan fingerprint density at radius 1 is 1.19 bits per heavy atom. The molecular weight excluding hydrogens is 341 g/mol. The average molecular weight is 374 g/mol. The molecule has 3 aliphatic rings. The van der Waals surface area contributed by atoms with Crippen molar-refractivity contribution in [2.24, 2.45) is 11.3 Å². The molecule has 1 saturated heterocycles. The quantitative estimate of drug-likeness (QED) is 0.765. The summed E-state index contributed by atoms with van der Waals surface area (Å²) in [4.78, 5) is 15.5. The largest absolute Gasteiger partial charge is 0.381 e. The molecular formula is C23H32FNO2. The third kappa shape index (κ3) is 2.74. The van der Waals surface area contributed by atoms with E-state index >= 15 is 0 Å². The van der Waals surface area contributed by atoms with Gasteiger partial charge in [0, 0.05) is 31.0 Å². The van der Waals surface area contributed by atoms with Crippen molar-refractivity contribution in [2.75, 3.05) is 13.7 Å². The number of likely N-dealkylation sites (tertiary alicyclic amines) is 1. The maximum atomic E-state index is 14.6. The highest BCUT2D eigenvalue weighted by Gasteiger charge is 2.57. The highest BCUT2D eigenvalue weighted by molar-refractivity contribution is 5.80. The summed E-state index contributed by atoms with van der Waals surface area (Å²) in [5.74, 6) is 0.261. The van der Waals surface area contributed by atoms with Crippen molar-refractivity contribution in [2.45, 2.75) is 76.9 Å². The zero-order valence-corrected chi connectivity index (χ0v) is 17.1. The van der Waals surface area contributed by atoms with Gasteiger partial charge in [0.15, 0.2) is 0 Å². The van der Waals surface area contributed by atoms with Crippen LogP contribution in [0.2, 0.25) is 0 Å². The van der Waals surface area contributed by atoms with E-state index in [-0.39, 0.29) is 34.5 Å². The standard InChI is InChI=1S/C23H32FNO2/c1-22(2)20-14-17-18(6-5-7-19(17)24)23(22,3)12-13-25(20)21(26)15-8-10-16(27-4)11-9-15/h5-7,15-16,20H,8-14H2,1-4H3/t15?,16?,20?,23-/m0/s1. The Hall–Kier alpha value is -1.42. The minimum Gasteiger partial charge on any atom is -0.381 e. The van der Waals surface area contributed by atoms with Gasteiger partial charge in [-0.3, -0.25) is 4.79 Å². The number of hydrogen-bond donors (Lipinski definition) is 0. The topological polar surface area (TPSA) is 29.5 Å². The van der Waals surface area contributed by atoms with E-state index in [1.807, 2.05) is 6.07 Å². The van der Waals surface area contributed by atoms with E-state index in [2.05, 4.69) is 31.7 Å². The van der Waals surface area contributed by atoms with Crippen molar-refractivity contribution >= 4 is 5.91 Å². The number of ether oxygens (including phenoxy) is 1. The van der Waals surface area contributed by atoms with Crippen LogP contribution < -0.4 is 0 Å². The molecule has 2 bridgehead atoms. The number of nitrogens with zero attached hydrogens (tertiary/aromatic N) is 1. The van der Waals surface area contributed by atoms with Crippen LogP contribution in [-0.4, -0.2) is 36.6 Å². The minimum absolute atomic E-state index is 0.0632. The molecule has 2 atom stereocenters. The minimum atomic E-state index is -0.117. The lowest BCUT2D eigenvalue weighted by Crippen LogP contribution is -2.65. The SMILES string of the molecule is COC1CCC(C(=O)N2CC[C@@]3(C)c4cccc(F)c4CC2C3(C)C)CC1. The van der Waals surface area contributed by atoms with Gasteiger partial charge in [0.2, 0.25) is 5.91 Å². The molecule has 3 nitrogen and oxygen atoms in total. The molecule has 0 radical (unpaired) electrons. The number of halogens is 1. The maximum Gasteiger partial charge on any atom is 0.225 e. The zero-order valence-electron chi connectivity index (χ0n) is 17.1. The van der Waals surface area contributed by atoms with Crippen LogP contribution in [0, 0.1) is 17.2 Å².